The molecule has 0 spiro atoms. The molecule has 0 saturated heterocycles. The molecule has 1 aromatic rings. The number of carbonyl (C=O) groups is 1. The first-order valence-corrected chi connectivity index (χ1v) is 6.53. The average Bonchev–Trinajstić information content (AvgIpc) is 2.36. The number of nitrogens with two attached hydrogens (primary N) is 1. The highest BCUT2D eigenvalue weighted by Crippen LogP contribution is 2.23. The minimum Gasteiger partial charge on any atom is -0.493 e. The lowest BCUT2D eigenvalue weighted by Gasteiger charge is -2.15. The molecule has 0 aliphatic heterocycles. The number of rotatable bonds is 7. The zero-order valence-corrected chi connectivity index (χ0v) is 11.7. The van der Waals surface area contributed by atoms with Crippen LogP contribution in [-0.2, 0) is 9.53 Å². The molecular weight excluding hydrogens is 244 g/mol. The molecule has 0 fully saturated rings. The zero-order valence-electron chi connectivity index (χ0n) is 11.7. The molecule has 19 heavy (non-hydrogen) atoms. The van der Waals surface area contributed by atoms with Gasteiger partial charge in [-0.1, -0.05) is 6.92 Å². The molecule has 0 aromatic heterocycles. The Morgan fingerprint density at radius 1 is 1.37 bits per heavy atom. The lowest BCUT2D eigenvalue weighted by atomic mass is 10.2. The molecule has 106 valence electrons. The van der Waals surface area contributed by atoms with Gasteiger partial charge in [0.05, 0.1) is 13.2 Å². The van der Waals surface area contributed by atoms with Crippen LogP contribution in [0.2, 0.25) is 0 Å². The fraction of sp³-hybridized carbons (Fsp3) is 0.500. The van der Waals surface area contributed by atoms with Crippen LogP contribution in [-0.4, -0.2) is 25.2 Å². The Balaban J connectivity index is 2.71. The maximum absolute atomic E-state index is 11.5. The molecule has 0 bridgehead atoms. The summed E-state index contributed by atoms with van der Waals surface area (Å²) in [5.41, 5.74) is 7.14. The lowest BCUT2D eigenvalue weighted by molar-refractivity contribution is -0.143. The van der Waals surface area contributed by atoms with Gasteiger partial charge in [-0.15, -0.1) is 0 Å². The summed E-state index contributed by atoms with van der Waals surface area (Å²) >= 11 is 0. The Morgan fingerprint density at radius 3 is 2.74 bits per heavy atom. The number of nitrogens with one attached hydrogen (secondary N) is 1. The number of anilines is 2. The van der Waals surface area contributed by atoms with E-state index in [1.54, 1.807) is 26.0 Å². The summed E-state index contributed by atoms with van der Waals surface area (Å²) < 4.78 is 10.5. The Morgan fingerprint density at radius 2 is 2.11 bits per heavy atom. The summed E-state index contributed by atoms with van der Waals surface area (Å²) in [5, 5.41) is 3.05. The summed E-state index contributed by atoms with van der Waals surface area (Å²) in [6.07, 6.45) is 0.927. The predicted octanol–water partition coefficient (Wildman–Crippen LogP) is 2.42. The van der Waals surface area contributed by atoms with Gasteiger partial charge in [0.2, 0.25) is 0 Å². The predicted molar refractivity (Wildman–Crippen MR) is 76.4 cm³/mol. The van der Waals surface area contributed by atoms with E-state index in [-0.39, 0.29) is 5.97 Å². The first-order chi connectivity index (χ1) is 9.06. The molecule has 1 unspecified atom stereocenters. The van der Waals surface area contributed by atoms with Crippen molar-refractivity contribution in [1.29, 1.82) is 0 Å². The summed E-state index contributed by atoms with van der Waals surface area (Å²) in [7, 11) is 0. The van der Waals surface area contributed by atoms with E-state index in [1.165, 1.54) is 0 Å². The van der Waals surface area contributed by atoms with Crippen molar-refractivity contribution in [1.82, 2.24) is 0 Å². The van der Waals surface area contributed by atoms with E-state index in [2.05, 4.69) is 5.32 Å². The summed E-state index contributed by atoms with van der Waals surface area (Å²) in [4.78, 5) is 11.5. The van der Waals surface area contributed by atoms with Crippen molar-refractivity contribution in [2.45, 2.75) is 33.2 Å². The van der Waals surface area contributed by atoms with Crippen LogP contribution >= 0.6 is 0 Å². The molecule has 0 amide bonds. The van der Waals surface area contributed by atoms with Crippen LogP contribution < -0.4 is 15.8 Å². The minimum atomic E-state index is -0.430. The minimum absolute atomic E-state index is 0.291. The molecule has 0 aliphatic carbocycles. The van der Waals surface area contributed by atoms with Gasteiger partial charge in [0, 0.05) is 23.5 Å². The van der Waals surface area contributed by atoms with Crippen LogP contribution in [0.1, 0.15) is 27.2 Å². The second kappa shape index (κ2) is 7.51. The number of hydrogen-bond donors (Lipinski definition) is 2. The number of benzene rings is 1. The summed E-state index contributed by atoms with van der Waals surface area (Å²) in [6.45, 7) is 6.56. The van der Waals surface area contributed by atoms with Crippen molar-refractivity contribution in [3.8, 4) is 5.75 Å². The summed E-state index contributed by atoms with van der Waals surface area (Å²) in [5.74, 6) is 0.404. The monoisotopic (exact) mass is 266 g/mol. The lowest BCUT2D eigenvalue weighted by Crippen LogP contribution is -2.28. The highest BCUT2D eigenvalue weighted by Gasteiger charge is 2.14. The van der Waals surface area contributed by atoms with Gasteiger partial charge in [-0.2, -0.15) is 0 Å². The molecule has 1 rings (SSSR count). The molecular formula is C14H22N2O3. The third-order valence-corrected chi connectivity index (χ3v) is 2.43. The van der Waals surface area contributed by atoms with Gasteiger partial charge in [-0.3, -0.25) is 0 Å². The molecule has 3 N–H and O–H groups in total. The largest absolute Gasteiger partial charge is 0.493 e. The number of nitrogen functional groups attached to an aromatic ring is 1. The van der Waals surface area contributed by atoms with Crippen molar-refractivity contribution in [3.05, 3.63) is 18.2 Å². The Hall–Kier alpha value is -1.91. The van der Waals surface area contributed by atoms with Crippen molar-refractivity contribution in [2.75, 3.05) is 24.3 Å². The zero-order chi connectivity index (χ0) is 14.3. The van der Waals surface area contributed by atoms with Crippen molar-refractivity contribution >= 4 is 17.3 Å². The van der Waals surface area contributed by atoms with Gasteiger partial charge < -0.3 is 20.5 Å². The van der Waals surface area contributed by atoms with Gasteiger partial charge in [0.1, 0.15) is 11.8 Å². The van der Waals surface area contributed by atoms with Gasteiger partial charge in [-0.25, -0.2) is 4.79 Å². The molecule has 0 heterocycles. The van der Waals surface area contributed by atoms with E-state index in [4.69, 9.17) is 15.2 Å². The van der Waals surface area contributed by atoms with E-state index in [0.717, 1.165) is 12.1 Å². The normalized spacial score (nSPS) is 11.7. The van der Waals surface area contributed by atoms with Gasteiger partial charge in [-0.05, 0) is 26.3 Å². The van der Waals surface area contributed by atoms with Gasteiger partial charge >= 0.3 is 5.97 Å². The topological polar surface area (TPSA) is 73.6 Å². The third-order valence-electron chi connectivity index (χ3n) is 2.43. The first-order valence-electron chi connectivity index (χ1n) is 6.53. The Kier molecular flexibility index (Phi) is 5.99. The number of ether oxygens (including phenoxy) is 2. The maximum atomic E-state index is 11.5. The van der Waals surface area contributed by atoms with Crippen molar-refractivity contribution in [3.63, 3.8) is 0 Å². The molecule has 1 atom stereocenters. The van der Waals surface area contributed by atoms with E-state index in [9.17, 15) is 4.79 Å². The van der Waals surface area contributed by atoms with Crippen LogP contribution in [0.15, 0.2) is 18.2 Å². The standard InChI is InChI=1S/C14H22N2O3/c1-4-6-19-13-8-11(15)7-12(9-13)16-10(3)14(17)18-5-2/h7-10,16H,4-6,15H2,1-3H3. The van der Waals surface area contributed by atoms with Crippen molar-refractivity contribution < 1.29 is 14.3 Å². The van der Waals surface area contributed by atoms with Crippen LogP contribution in [0, 0.1) is 0 Å². The molecule has 5 heteroatoms. The summed E-state index contributed by atoms with van der Waals surface area (Å²) in [6, 6.07) is 4.91. The average molecular weight is 266 g/mol. The highest BCUT2D eigenvalue weighted by molar-refractivity contribution is 5.79. The second-order valence-corrected chi connectivity index (χ2v) is 4.26. The van der Waals surface area contributed by atoms with Crippen molar-refractivity contribution in [2.24, 2.45) is 0 Å². The second-order valence-electron chi connectivity index (χ2n) is 4.26. The van der Waals surface area contributed by atoms with Crippen LogP contribution in [0.25, 0.3) is 0 Å². The molecule has 0 saturated carbocycles. The van der Waals surface area contributed by atoms with E-state index in [1.807, 2.05) is 13.0 Å². The van der Waals surface area contributed by atoms with E-state index >= 15 is 0 Å². The van der Waals surface area contributed by atoms with E-state index < -0.39 is 6.04 Å². The number of carbonyl (C=O) groups excluding carboxylic acids is 1. The smallest absolute Gasteiger partial charge is 0.328 e. The van der Waals surface area contributed by atoms with Crippen LogP contribution in [0.4, 0.5) is 11.4 Å². The number of esters is 1. The Bertz CT molecular complexity index is 421. The van der Waals surface area contributed by atoms with Crippen LogP contribution in [0.3, 0.4) is 0 Å². The molecule has 0 aliphatic rings. The quantitative estimate of drug-likeness (QED) is 0.585. The fourth-order valence-corrected chi connectivity index (χ4v) is 1.58. The van der Waals surface area contributed by atoms with Gasteiger partial charge in [0.15, 0.2) is 0 Å². The third kappa shape index (κ3) is 5.07. The SMILES string of the molecule is CCCOc1cc(N)cc(NC(C)C(=O)OCC)c1. The Labute approximate surface area is 114 Å². The first kappa shape index (κ1) is 15.1. The van der Waals surface area contributed by atoms with Gasteiger partial charge in [0.25, 0.3) is 0 Å². The van der Waals surface area contributed by atoms with E-state index in [0.29, 0.717) is 24.7 Å². The fourth-order valence-electron chi connectivity index (χ4n) is 1.58. The molecule has 1 aromatic carbocycles. The molecule has 0 radical (unpaired) electrons. The van der Waals surface area contributed by atoms with Crippen LogP contribution in [0.5, 0.6) is 5.75 Å². The molecule has 5 nitrogen and oxygen atoms in total. The maximum Gasteiger partial charge on any atom is 0.328 e. The highest BCUT2D eigenvalue weighted by atomic mass is 16.5. The number of hydrogen-bond acceptors (Lipinski definition) is 5.